The van der Waals surface area contributed by atoms with E-state index in [2.05, 4.69) is 10.4 Å². The van der Waals surface area contributed by atoms with Gasteiger partial charge in [0.25, 0.3) is 5.91 Å². The molecule has 3 rings (SSSR count). The fourth-order valence-corrected chi connectivity index (χ4v) is 2.28. The highest BCUT2D eigenvalue weighted by molar-refractivity contribution is 6.30. The lowest BCUT2D eigenvalue weighted by Gasteiger charge is -2.03. The molecule has 1 amide bonds. The normalized spacial score (nSPS) is 10.7. The van der Waals surface area contributed by atoms with Gasteiger partial charge in [0.1, 0.15) is 0 Å². The quantitative estimate of drug-likeness (QED) is 0.805. The number of aromatic nitrogens is 2. The second kappa shape index (κ2) is 5.97. The van der Waals surface area contributed by atoms with Crippen LogP contribution in [0.2, 0.25) is 5.02 Å². The third-order valence-electron chi connectivity index (χ3n) is 3.20. The van der Waals surface area contributed by atoms with Crippen LogP contribution >= 0.6 is 11.6 Å². The van der Waals surface area contributed by atoms with Crippen molar-refractivity contribution < 1.29 is 4.79 Å². The highest BCUT2D eigenvalue weighted by Crippen LogP contribution is 2.12. The van der Waals surface area contributed by atoms with Crippen LogP contribution in [0.3, 0.4) is 0 Å². The first kappa shape index (κ1) is 13.6. The molecular formula is C16H14ClN3O. The summed E-state index contributed by atoms with van der Waals surface area (Å²) in [5.41, 5.74) is 2.43. The third-order valence-corrected chi connectivity index (χ3v) is 3.42. The van der Waals surface area contributed by atoms with Crippen molar-refractivity contribution in [1.29, 1.82) is 0 Å². The van der Waals surface area contributed by atoms with Crippen LogP contribution in [0.25, 0.3) is 5.52 Å². The van der Waals surface area contributed by atoms with Gasteiger partial charge in [-0.1, -0.05) is 41.9 Å². The lowest BCUT2D eigenvalue weighted by atomic mass is 10.1. The molecule has 3 aromatic rings. The summed E-state index contributed by atoms with van der Waals surface area (Å²) in [7, 11) is 0. The van der Waals surface area contributed by atoms with Crippen molar-refractivity contribution in [3.63, 3.8) is 0 Å². The standard InChI is InChI=1S/C16H14ClN3O/c17-13-6-7-14-10-15(19-20(14)11-13)16(21)18-9-8-12-4-2-1-3-5-12/h1-7,10-11H,8-9H2,(H,18,21). The molecule has 0 spiro atoms. The average Bonchev–Trinajstić information content (AvgIpc) is 2.91. The third kappa shape index (κ3) is 3.23. The Morgan fingerprint density at radius 3 is 2.81 bits per heavy atom. The molecule has 0 saturated heterocycles. The van der Waals surface area contributed by atoms with E-state index in [4.69, 9.17) is 11.6 Å². The zero-order valence-electron chi connectivity index (χ0n) is 11.3. The molecule has 4 nitrogen and oxygen atoms in total. The van der Waals surface area contributed by atoms with Crippen LogP contribution in [0, 0.1) is 0 Å². The maximum absolute atomic E-state index is 12.1. The van der Waals surface area contributed by atoms with E-state index in [1.165, 1.54) is 5.56 Å². The predicted molar refractivity (Wildman–Crippen MR) is 82.7 cm³/mol. The Hall–Kier alpha value is -2.33. The molecule has 1 aromatic carbocycles. The first-order valence-electron chi connectivity index (χ1n) is 6.69. The van der Waals surface area contributed by atoms with Crippen molar-refractivity contribution in [3.05, 3.63) is 71.0 Å². The molecule has 0 aliphatic rings. The van der Waals surface area contributed by atoms with Gasteiger partial charge >= 0.3 is 0 Å². The molecular weight excluding hydrogens is 286 g/mol. The molecule has 5 heteroatoms. The number of hydrogen-bond donors (Lipinski definition) is 1. The summed E-state index contributed by atoms with van der Waals surface area (Å²) in [4.78, 5) is 12.1. The van der Waals surface area contributed by atoms with Gasteiger partial charge in [0.05, 0.1) is 10.5 Å². The second-order valence-electron chi connectivity index (χ2n) is 4.74. The van der Waals surface area contributed by atoms with E-state index in [0.29, 0.717) is 17.3 Å². The van der Waals surface area contributed by atoms with Gasteiger partial charge in [-0.2, -0.15) is 5.10 Å². The fraction of sp³-hybridized carbons (Fsp3) is 0.125. The molecule has 0 aliphatic carbocycles. The molecule has 2 aromatic heterocycles. The van der Waals surface area contributed by atoms with E-state index >= 15 is 0 Å². The molecule has 106 valence electrons. The number of benzene rings is 1. The zero-order chi connectivity index (χ0) is 14.7. The van der Waals surface area contributed by atoms with Crippen LogP contribution in [-0.2, 0) is 6.42 Å². The summed E-state index contributed by atoms with van der Waals surface area (Å²) in [6, 6.07) is 15.4. The number of halogens is 1. The topological polar surface area (TPSA) is 46.4 Å². The van der Waals surface area contributed by atoms with Crippen molar-refractivity contribution in [2.75, 3.05) is 6.54 Å². The molecule has 0 aliphatic heterocycles. The minimum atomic E-state index is -0.175. The van der Waals surface area contributed by atoms with Crippen LogP contribution in [0.4, 0.5) is 0 Å². The molecule has 2 heterocycles. The van der Waals surface area contributed by atoms with Crippen LogP contribution in [0.15, 0.2) is 54.7 Å². The molecule has 0 bridgehead atoms. The van der Waals surface area contributed by atoms with Crippen molar-refractivity contribution in [2.24, 2.45) is 0 Å². The number of amides is 1. The van der Waals surface area contributed by atoms with Gasteiger partial charge in [0, 0.05) is 12.7 Å². The Morgan fingerprint density at radius 1 is 1.19 bits per heavy atom. The van der Waals surface area contributed by atoms with Gasteiger partial charge in [-0.05, 0) is 30.2 Å². The Kier molecular flexibility index (Phi) is 3.88. The van der Waals surface area contributed by atoms with Crippen molar-refractivity contribution >= 4 is 23.0 Å². The summed E-state index contributed by atoms with van der Waals surface area (Å²) in [5.74, 6) is -0.175. The lowest BCUT2D eigenvalue weighted by Crippen LogP contribution is -2.26. The van der Waals surface area contributed by atoms with E-state index in [0.717, 1.165) is 11.9 Å². The summed E-state index contributed by atoms with van der Waals surface area (Å²) >= 11 is 5.90. The largest absolute Gasteiger partial charge is 0.350 e. The molecule has 0 atom stereocenters. The van der Waals surface area contributed by atoms with E-state index < -0.39 is 0 Å². The maximum atomic E-state index is 12.1. The number of fused-ring (bicyclic) bond motifs is 1. The Balaban J connectivity index is 1.64. The smallest absolute Gasteiger partial charge is 0.271 e. The summed E-state index contributed by atoms with van der Waals surface area (Å²) in [6.07, 6.45) is 2.48. The van der Waals surface area contributed by atoms with Crippen LogP contribution < -0.4 is 5.32 Å². The predicted octanol–water partition coefficient (Wildman–Crippen LogP) is 2.96. The first-order valence-corrected chi connectivity index (χ1v) is 7.07. The van der Waals surface area contributed by atoms with Gasteiger partial charge < -0.3 is 5.32 Å². The van der Waals surface area contributed by atoms with Gasteiger partial charge in [0.2, 0.25) is 0 Å². The molecule has 0 saturated carbocycles. The second-order valence-corrected chi connectivity index (χ2v) is 5.17. The molecule has 21 heavy (non-hydrogen) atoms. The molecule has 0 fully saturated rings. The highest BCUT2D eigenvalue weighted by atomic mass is 35.5. The van der Waals surface area contributed by atoms with Crippen molar-refractivity contribution in [3.8, 4) is 0 Å². The number of nitrogens with one attached hydrogen (secondary N) is 1. The Labute approximate surface area is 127 Å². The summed E-state index contributed by atoms with van der Waals surface area (Å²) in [6.45, 7) is 0.581. The molecule has 1 N–H and O–H groups in total. The number of nitrogens with zero attached hydrogens (tertiary/aromatic N) is 2. The minimum Gasteiger partial charge on any atom is -0.350 e. The average molecular weight is 300 g/mol. The Morgan fingerprint density at radius 2 is 2.00 bits per heavy atom. The van der Waals surface area contributed by atoms with E-state index in [-0.39, 0.29) is 5.91 Å². The lowest BCUT2D eigenvalue weighted by molar-refractivity contribution is 0.0949. The molecule has 0 radical (unpaired) electrons. The van der Waals surface area contributed by atoms with E-state index in [1.807, 2.05) is 36.4 Å². The van der Waals surface area contributed by atoms with E-state index in [1.54, 1.807) is 22.8 Å². The van der Waals surface area contributed by atoms with Crippen LogP contribution in [0.1, 0.15) is 16.1 Å². The van der Waals surface area contributed by atoms with Gasteiger partial charge in [0.15, 0.2) is 5.69 Å². The summed E-state index contributed by atoms with van der Waals surface area (Å²) in [5, 5.41) is 7.68. The van der Waals surface area contributed by atoms with Gasteiger partial charge in [-0.25, -0.2) is 4.52 Å². The SMILES string of the molecule is O=C(NCCc1ccccc1)c1cc2ccc(Cl)cn2n1. The highest BCUT2D eigenvalue weighted by Gasteiger charge is 2.10. The van der Waals surface area contributed by atoms with Crippen molar-refractivity contribution in [1.82, 2.24) is 14.9 Å². The van der Waals surface area contributed by atoms with Gasteiger partial charge in [-0.15, -0.1) is 0 Å². The summed E-state index contributed by atoms with van der Waals surface area (Å²) < 4.78 is 1.61. The van der Waals surface area contributed by atoms with E-state index in [9.17, 15) is 4.79 Å². The number of pyridine rings is 1. The monoisotopic (exact) mass is 299 g/mol. The maximum Gasteiger partial charge on any atom is 0.271 e. The molecule has 0 unspecified atom stereocenters. The first-order chi connectivity index (χ1) is 10.2. The Bertz CT molecular complexity index is 768. The van der Waals surface area contributed by atoms with Crippen LogP contribution in [0.5, 0.6) is 0 Å². The minimum absolute atomic E-state index is 0.175. The number of carbonyl (C=O) groups is 1. The van der Waals surface area contributed by atoms with Gasteiger partial charge in [-0.3, -0.25) is 4.79 Å². The fourth-order valence-electron chi connectivity index (χ4n) is 2.13. The van der Waals surface area contributed by atoms with Crippen molar-refractivity contribution in [2.45, 2.75) is 6.42 Å². The zero-order valence-corrected chi connectivity index (χ0v) is 12.0. The number of carbonyl (C=O) groups excluding carboxylic acids is 1. The van der Waals surface area contributed by atoms with Crippen LogP contribution in [-0.4, -0.2) is 22.1 Å². The number of rotatable bonds is 4. The number of hydrogen-bond acceptors (Lipinski definition) is 2.